The van der Waals surface area contributed by atoms with Crippen LogP contribution in [0.5, 0.6) is 0 Å². The Kier molecular flexibility index (Phi) is 6.17. The molecule has 0 radical (unpaired) electrons. The molecule has 2 aliphatic heterocycles. The summed E-state index contributed by atoms with van der Waals surface area (Å²) in [5, 5.41) is 8.60. The van der Waals surface area contributed by atoms with Crippen LogP contribution in [0.15, 0.2) is 36.7 Å². The van der Waals surface area contributed by atoms with Crippen molar-refractivity contribution in [1.29, 1.82) is 5.41 Å². The minimum absolute atomic E-state index is 0.116. The normalized spacial score (nSPS) is 20.2. The predicted molar refractivity (Wildman–Crippen MR) is 116 cm³/mol. The first-order chi connectivity index (χ1) is 14.2. The number of benzene rings is 1. The van der Waals surface area contributed by atoms with Gasteiger partial charge in [0.25, 0.3) is 0 Å². The molecule has 4 rings (SSSR count). The van der Waals surface area contributed by atoms with E-state index in [1.54, 1.807) is 12.4 Å². The van der Waals surface area contributed by atoms with Crippen LogP contribution in [-0.4, -0.2) is 66.1 Å². The van der Waals surface area contributed by atoms with Crippen molar-refractivity contribution in [2.45, 2.75) is 18.9 Å². The monoisotopic (exact) mass is 392 g/mol. The molecule has 0 bridgehead atoms. The molecule has 7 nitrogen and oxygen atoms in total. The Bertz CT molecular complexity index is 860. The number of morpholine rings is 1. The summed E-state index contributed by atoms with van der Waals surface area (Å²) in [6, 6.07) is 8.60. The van der Waals surface area contributed by atoms with E-state index in [2.05, 4.69) is 39.1 Å². The number of nitrogens with zero attached hydrogens (tertiary/aromatic N) is 4. The smallest absolute Gasteiger partial charge is 0.149 e. The summed E-state index contributed by atoms with van der Waals surface area (Å²) < 4.78 is 5.42. The molecule has 2 fully saturated rings. The first kappa shape index (κ1) is 19.5. The number of amidine groups is 1. The van der Waals surface area contributed by atoms with Gasteiger partial charge in [-0.1, -0.05) is 18.2 Å². The van der Waals surface area contributed by atoms with Crippen molar-refractivity contribution in [2.75, 3.05) is 44.3 Å². The fraction of sp³-hybridized carbons (Fsp3) is 0.409. The average molecular weight is 393 g/mol. The highest BCUT2D eigenvalue weighted by molar-refractivity contribution is 5.98. The Balaban J connectivity index is 1.48. The van der Waals surface area contributed by atoms with Crippen LogP contribution >= 0.6 is 0 Å². The molecule has 3 N–H and O–H groups in total. The zero-order valence-corrected chi connectivity index (χ0v) is 16.6. The molecule has 152 valence electrons. The maximum atomic E-state index is 8.60. The Morgan fingerprint density at radius 2 is 1.83 bits per heavy atom. The first-order valence-corrected chi connectivity index (χ1v) is 10.2. The van der Waals surface area contributed by atoms with E-state index in [1.807, 2.05) is 17.1 Å². The Labute approximate surface area is 171 Å². The number of nitrogens with two attached hydrogens (primary N) is 1. The molecule has 2 aliphatic rings. The third kappa shape index (κ3) is 4.81. The zero-order chi connectivity index (χ0) is 20.1. The van der Waals surface area contributed by atoms with Crippen molar-refractivity contribution in [3.63, 3.8) is 0 Å². The quantitative estimate of drug-likeness (QED) is 0.612. The highest BCUT2D eigenvalue weighted by Crippen LogP contribution is 2.19. The molecule has 1 aromatic heterocycles. The maximum Gasteiger partial charge on any atom is 0.149 e. The second kappa shape index (κ2) is 9.15. The summed E-state index contributed by atoms with van der Waals surface area (Å²) in [7, 11) is 0. The Morgan fingerprint density at radius 3 is 2.59 bits per heavy atom. The number of anilines is 1. The number of hydrogen-bond donors (Lipinski definition) is 2. The second-order valence-corrected chi connectivity index (χ2v) is 7.51. The summed E-state index contributed by atoms with van der Waals surface area (Å²) in [5.41, 5.74) is 9.69. The molecule has 2 aromatic rings. The molecular weight excluding hydrogens is 364 g/mol. The molecule has 0 amide bonds. The SMILES string of the molecule is N=C(c1nccnc1/C=C/c1ccc(N2CCOCC2)cc1)N1CCCC(N)C1. The van der Waals surface area contributed by atoms with Crippen LogP contribution in [0.3, 0.4) is 0 Å². The van der Waals surface area contributed by atoms with E-state index >= 15 is 0 Å². The van der Waals surface area contributed by atoms with E-state index in [9.17, 15) is 0 Å². The third-order valence-corrected chi connectivity index (χ3v) is 5.43. The molecular formula is C22H28N6O. The van der Waals surface area contributed by atoms with Gasteiger partial charge >= 0.3 is 0 Å². The first-order valence-electron chi connectivity index (χ1n) is 10.2. The predicted octanol–water partition coefficient (Wildman–Crippen LogP) is 2.23. The van der Waals surface area contributed by atoms with Crippen LogP contribution in [0.2, 0.25) is 0 Å². The van der Waals surface area contributed by atoms with E-state index < -0.39 is 0 Å². The lowest BCUT2D eigenvalue weighted by Crippen LogP contribution is -2.46. The van der Waals surface area contributed by atoms with E-state index in [4.69, 9.17) is 15.9 Å². The molecule has 1 aromatic carbocycles. The van der Waals surface area contributed by atoms with Crippen molar-refractivity contribution in [3.8, 4) is 0 Å². The summed E-state index contributed by atoms with van der Waals surface area (Å²) in [6.07, 6.45) is 9.28. The number of hydrogen-bond acceptors (Lipinski definition) is 6. The van der Waals surface area contributed by atoms with Gasteiger partial charge in [0, 0.05) is 50.3 Å². The standard InChI is InChI=1S/C22H28N6O/c23-18-2-1-11-28(16-18)22(24)21-20(25-9-10-26-21)8-5-17-3-6-19(7-4-17)27-12-14-29-15-13-27/h3-10,18,24H,1-2,11-16,23H2/b8-5+,24-22?. The van der Waals surface area contributed by atoms with Gasteiger partial charge in [0.2, 0.25) is 0 Å². The Hall–Kier alpha value is -2.77. The van der Waals surface area contributed by atoms with Crippen molar-refractivity contribution in [1.82, 2.24) is 14.9 Å². The molecule has 1 unspecified atom stereocenters. The van der Waals surface area contributed by atoms with Crippen LogP contribution in [0, 0.1) is 5.41 Å². The molecule has 0 spiro atoms. The summed E-state index contributed by atoms with van der Waals surface area (Å²) >= 11 is 0. The molecule has 0 aliphatic carbocycles. The summed E-state index contributed by atoms with van der Waals surface area (Å²) in [6.45, 7) is 4.97. The fourth-order valence-electron chi connectivity index (χ4n) is 3.81. The lowest BCUT2D eigenvalue weighted by molar-refractivity contribution is 0.122. The zero-order valence-electron chi connectivity index (χ0n) is 16.6. The summed E-state index contributed by atoms with van der Waals surface area (Å²) in [5.74, 6) is 0.399. The van der Waals surface area contributed by atoms with Crippen LogP contribution in [0.4, 0.5) is 5.69 Å². The van der Waals surface area contributed by atoms with Gasteiger partial charge in [-0.25, -0.2) is 4.98 Å². The molecule has 29 heavy (non-hydrogen) atoms. The molecule has 3 heterocycles. The van der Waals surface area contributed by atoms with Crippen molar-refractivity contribution in [3.05, 3.63) is 53.6 Å². The minimum Gasteiger partial charge on any atom is -0.378 e. The van der Waals surface area contributed by atoms with Gasteiger partial charge in [-0.15, -0.1) is 0 Å². The lowest BCUT2D eigenvalue weighted by Gasteiger charge is -2.32. The van der Waals surface area contributed by atoms with E-state index in [1.165, 1.54) is 5.69 Å². The van der Waals surface area contributed by atoms with Crippen LogP contribution < -0.4 is 10.6 Å². The second-order valence-electron chi connectivity index (χ2n) is 7.51. The topological polar surface area (TPSA) is 91.4 Å². The third-order valence-electron chi connectivity index (χ3n) is 5.43. The van der Waals surface area contributed by atoms with Crippen LogP contribution in [0.1, 0.15) is 29.8 Å². The van der Waals surface area contributed by atoms with Gasteiger partial charge in [0.05, 0.1) is 18.9 Å². The maximum absolute atomic E-state index is 8.60. The number of ether oxygens (including phenoxy) is 1. The van der Waals surface area contributed by atoms with Gasteiger partial charge in [-0.05, 0) is 36.6 Å². The largest absolute Gasteiger partial charge is 0.378 e. The molecule has 2 saturated heterocycles. The van der Waals surface area contributed by atoms with Gasteiger partial charge < -0.3 is 20.3 Å². The van der Waals surface area contributed by atoms with Crippen LogP contribution in [-0.2, 0) is 4.74 Å². The van der Waals surface area contributed by atoms with Gasteiger partial charge in [0.1, 0.15) is 11.5 Å². The van der Waals surface area contributed by atoms with Gasteiger partial charge in [-0.3, -0.25) is 10.4 Å². The minimum atomic E-state index is 0.116. The highest BCUT2D eigenvalue weighted by Gasteiger charge is 2.22. The summed E-state index contributed by atoms with van der Waals surface area (Å²) in [4.78, 5) is 13.2. The van der Waals surface area contributed by atoms with Gasteiger partial charge in [0.15, 0.2) is 0 Å². The number of piperidine rings is 1. The van der Waals surface area contributed by atoms with Crippen molar-refractivity contribution in [2.24, 2.45) is 5.73 Å². The highest BCUT2D eigenvalue weighted by atomic mass is 16.5. The molecule has 7 heteroatoms. The molecule has 0 saturated carbocycles. The Morgan fingerprint density at radius 1 is 1.07 bits per heavy atom. The number of nitrogens with one attached hydrogen (secondary N) is 1. The van der Waals surface area contributed by atoms with Crippen molar-refractivity contribution < 1.29 is 4.74 Å². The number of aromatic nitrogens is 2. The van der Waals surface area contributed by atoms with Gasteiger partial charge in [-0.2, -0.15) is 0 Å². The van der Waals surface area contributed by atoms with Crippen LogP contribution in [0.25, 0.3) is 12.2 Å². The van der Waals surface area contributed by atoms with E-state index in [-0.39, 0.29) is 6.04 Å². The number of rotatable bonds is 4. The van der Waals surface area contributed by atoms with E-state index in [0.29, 0.717) is 23.8 Å². The molecule has 1 atom stereocenters. The fourth-order valence-corrected chi connectivity index (χ4v) is 3.81. The number of likely N-dealkylation sites (tertiary alicyclic amines) is 1. The van der Waals surface area contributed by atoms with E-state index in [0.717, 1.165) is 51.3 Å². The lowest BCUT2D eigenvalue weighted by atomic mass is 10.1. The average Bonchev–Trinajstić information content (AvgIpc) is 2.78. The van der Waals surface area contributed by atoms with Crippen molar-refractivity contribution >= 4 is 23.7 Å².